The van der Waals surface area contributed by atoms with Gasteiger partial charge in [-0.3, -0.25) is 19.9 Å². The van der Waals surface area contributed by atoms with Gasteiger partial charge in [-0.15, -0.1) is 0 Å². The Morgan fingerprint density at radius 1 is 1.22 bits per heavy atom. The third-order valence-corrected chi connectivity index (χ3v) is 5.74. The van der Waals surface area contributed by atoms with Gasteiger partial charge in [0.1, 0.15) is 18.1 Å². The van der Waals surface area contributed by atoms with E-state index in [1.165, 1.54) is 30.5 Å². The molecule has 1 aliphatic heterocycles. The van der Waals surface area contributed by atoms with Crippen LogP contribution in [-0.2, 0) is 15.8 Å². The summed E-state index contributed by atoms with van der Waals surface area (Å²) < 4.78 is 40.1. The van der Waals surface area contributed by atoms with Gasteiger partial charge < -0.3 is 0 Å². The number of nitrogens with one attached hydrogen (secondary N) is 1. The molecule has 37 heavy (non-hydrogen) atoms. The SMILES string of the molecule is Cc1cc(C(F)(F)F)nc(N2NC(=O)CC2C(=O)N(CC#Cc2cncnc2)c2ccc(Cl)c(C)c2)n1. The molecule has 1 fully saturated rings. The molecule has 3 heterocycles. The van der Waals surface area contributed by atoms with Crippen molar-refractivity contribution in [2.75, 3.05) is 16.5 Å². The van der Waals surface area contributed by atoms with Crippen molar-refractivity contribution in [1.82, 2.24) is 25.4 Å². The summed E-state index contributed by atoms with van der Waals surface area (Å²) in [6.45, 7) is 3.02. The van der Waals surface area contributed by atoms with E-state index in [1.54, 1.807) is 25.1 Å². The lowest BCUT2D eigenvalue weighted by Crippen LogP contribution is -2.50. The predicted octanol–water partition coefficient (Wildman–Crippen LogP) is 3.25. The summed E-state index contributed by atoms with van der Waals surface area (Å²) in [6, 6.07) is 4.45. The van der Waals surface area contributed by atoms with Crippen LogP contribution in [0.1, 0.15) is 28.9 Å². The van der Waals surface area contributed by atoms with Crippen LogP contribution < -0.4 is 15.3 Å². The summed E-state index contributed by atoms with van der Waals surface area (Å²) >= 11 is 6.15. The van der Waals surface area contributed by atoms with E-state index in [0.717, 1.165) is 11.1 Å². The van der Waals surface area contributed by atoms with E-state index in [-0.39, 0.29) is 18.7 Å². The number of anilines is 2. The summed E-state index contributed by atoms with van der Waals surface area (Å²) in [5.74, 6) is 4.12. The van der Waals surface area contributed by atoms with E-state index in [0.29, 0.717) is 21.8 Å². The van der Waals surface area contributed by atoms with E-state index in [2.05, 4.69) is 37.2 Å². The lowest BCUT2D eigenvalue weighted by atomic mass is 10.1. The monoisotopic (exact) mass is 529 g/mol. The molecular weight excluding hydrogens is 511 g/mol. The molecule has 1 aromatic carbocycles. The van der Waals surface area contributed by atoms with Gasteiger partial charge in [0.05, 0.1) is 18.5 Å². The number of hydrogen-bond donors (Lipinski definition) is 1. The average Bonchev–Trinajstić information content (AvgIpc) is 3.25. The maximum absolute atomic E-state index is 13.8. The molecule has 3 aromatic rings. The van der Waals surface area contributed by atoms with Crippen molar-refractivity contribution in [3.05, 3.63) is 70.5 Å². The van der Waals surface area contributed by atoms with Gasteiger partial charge >= 0.3 is 6.18 Å². The summed E-state index contributed by atoms with van der Waals surface area (Å²) in [6.07, 6.45) is -0.691. The first-order chi connectivity index (χ1) is 17.5. The molecule has 2 aromatic heterocycles. The normalized spacial score (nSPS) is 15.1. The number of rotatable bonds is 4. The molecule has 1 N–H and O–H groups in total. The summed E-state index contributed by atoms with van der Waals surface area (Å²) in [5.41, 5.74) is 2.87. The molecule has 4 rings (SSSR count). The van der Waals surface area contributed by atoms with Gasteiger partial charge in [-0.25, -0.2) is 24.9 Å². The highest BCUT2D eigenvalue weighted by Gasteiger charge is 2.41. The van der Waals surface area contributed by atoms with Gasteiger partial charge in [0.15, 0.2) is 0 Å². The quantitative estimate of drug-likeness (QED) is 0.517. The van der Waals surface area contributed by atoms with Gasteiger partial charge in [0.2, 0.25) is 11.9 Å². The van der Waals surface area contributed by atoms with Crippen LogP contribution >= 0.6 is 11.6 Å². The zero-order chi connectivity index (χ0) is 26.7. The van der Waals surface area contributed by atoms with Crippen molar-refractivity contribution in [1.29, 1.82) is 0 Å². The molecule has 0 bridgehead atoms. The van der Waals surface area contributed by atoms with Crippen LogP contribution in [0.3, 0.4) is 0 Å². The number of carbonyl (C=O) groups excluding carboxylic acids is 2. The zero-order valence-electron chi connectivity index (χ0n) is 19.5. The highest BCUT2D eigenvalue weighted by molar-refractivity contribution is 6.31. The Morgan fingerprint density at radius 3 is 2.62 bits per heavy atom. The minimum absolute atomic E-state index is 0.0193. The minimum atomic E-state index is -4.74. The number of nitrogens with zero attached hydrogens (tertiary/aromatic N) is 6. The topological polar surface area (TPSA) is 104 Å². The van der Waals surface area contributed by atoms with E-state index in [4.69, 9.17) is 11.6 Å². The highest BCUT2D eigenvalue weighted by atomic mass is 35.5. The molecule has 1 saturated heterocycles. The van der Waals surface area contributed by atoms with Crippen LogP contribution in [0.15, 0.2) is 43.0 Å². The van der Waals surface area contributed by atoms with Gasteiger partial charge in [0, 0.05) is 28.8 Å². The zero-order valence-corrected chi connectivity index (χ0v) is 20.3. The Labute approximate surface area is 214 Å². The molecule has 0 spiro atoms. The Hall–Kier alpha value is -4.24. The molecule has 0 saturated carbocycles. The van der Waals surface area contributed by atoms with E-state index in [9.17, 15) is 22.8 Å². The van der Waals surface area contributed by atoms with E-state index < -0.39 is 35.7 Å². The maximum Gasteiger partial charge on any atom is 0.433 e. The minimum Gasteiger partial charge on any atom is -0.299 e. The maximum atomic E-state index is 13.8. The first kappa shape index (κ1) is 25.8. The number of carbonyl (C=O) groups is 2. The third-order valence-electron chi connectivity index (χ3n) is 5.32. The van der Waals surface area contributed by atoms with Crippen LogP contribution in [0.25, 0.3) is 0 Å². The van der Waals surface area contributed by atoms with Crippen molar-refractivity contribution < 1.29 is 22.8 Å². The lowest BCUT2D eigenvalue weighted by Gasteiger charge is -2.29. The van der Waals surface area contributed by atoms with Gasteiger partial charge in [-0.2, -0.15) is 13.2 Å². The second-order valence-electron chi connectivity index (χ2n) is 8.10. The second kappa shape index (κ2) is 10.4. The van der Waals surface area contributed by atoms with Crippen LogP contribution in [0.4, 0.5) is 24.8 Å². The number of hydrazine groups is 1. The van der Waals surface area contributed by atoms with Gasteiger partial charge in [-0.05, 0) is 43.7 Å². The summed E-state index contributed by atoms with van der Waals surface area (Å²) in [7, 11) is 0. The molecule has 13 heteroatoms. The molecule has 1 unspecified atom stereocenters. The van der Waals surface area contributed by atoms with Crippen molar-refractivity contribution >= 4 is 35.1 Å². The average molecular weight is 530 g/mol. The molecule has 1 atom stereocenters. The first-order valence-electron chi connectivity index (χ1n) is 10.9. The van der Waals surface area contributed by atoms with Crippen molar-refractivity contribution in [3.63, 3.8) is 0 Å². The highest BCUT2D eigenvalue weighted by Crippen LogP contribution is 2.31. The first-order valence-corrected chi connectivity index (χ1v) is 11.2. The fraction of sp³-hybridized carbons (Fsp3) is 0.250. The van der Waals surface area contributed by atoms with E-state index >= 15 is 0 Å². The standard InChI is InChI=1S/C24H19ClF3N7O2/c1-14-8-17(5-6-18(14)25)34(7-3-4-16-11-29-13-30-12-16)22(37)19-10-21(36)33-35(19)23-31-15(2)9-20(32-23)24(26,27)28/h5-6,8-9,11-13,19H,7,10H2,1-2H3,(H,33,36). The second-order valence-corrected chi connectivity index (χ2v) is 8.51. The predicted molar refractivity (Wildman–Crippen MR) is 128 cm³/mol. The fourth-order valence-corrected chi connectivity index (χ4v) is 3.69. The summed E-state index contributed by atoms with van der Waals surface area (Å²) in [5, 5.41) is 1.44. The number of aromatic nitrogens is 4. The van der Waals surface area contributed by atoms with E-state index in [1.807, 2.05) is 0 Å². The van der Waals surface area contributed by atoms with Crippen molar-refractivity contribution in [2.45, 2.75) is 32.5 Å². The largest absolute Gasteiger partial charge is 0.433 e. The van der Waals surface area contributed by atoms with Crippen LogP contribution in [0.2, 0.25) is 5.02 Å². The molecule has 0 aliphatic carbocycles. The molecule has 190 valence electrons. The molecular formula is C24H19ClF3N7O2. The Bertz CT molecular complexity index is 1410. The number of benzene rings is 1. The van der Waals surface area contributed by atoms with Gasteiger partial charge in [0.25, 0.3) is 5.91 Å². The number of hydrogen-bond acceptors (Lipinski definition) is 7. The van der Waals surface area contributed by atoms with Crippen LogP contribution in [0.5, 0.6) is 0 Å². The van der Waals surface area contributed by atoms with Crippen molar-refractivity contribution in [2.24, 2.45) is 0 Å². The molecule has 9 nitrogen and oxygen atoms in total. The Kier molecular flexibility index (Phi) is 7.26. The number of halogens is 4. The molecule has 2 amide bonds. The van der Waals surface area contributed by atoms with Gasteiger partial charge in [-0.1, -0.05) is 23.4 Å². The Morgan fingerprint density at radius 2 is 1.95 bits per heavy atom. The summed E-state index contributed by atoms with van der Waals surface area (Å²) in [4.78, 5) is 42.8. The molecule has 0 radical (unpaired) electrons. The van der Waals surface area contributed by atoms with Crippen LogP contribution in [0, 0.1) is 25.7 Å². The Balaban J connectivity index is 1.71. The number of amides is 2. The fourth-order valence-electron chi connectivity index (χ4n) is 3.58. The lowest BCUT2D eigenvalue weighted by molar-refractivity contribution is -0.141. The number of alkyl halides is 3. The van der Waals surface area contributed by atoms with Crippen molar-refractivity contribution in [3.8, 4) is 11.8 Å². The smallest absolute Gasteiger partial charge is 0.299 e. The van der Waals surface area contributed by atoms with Crippen LogP contribution in [-0.4, -0.2) is 44.3 Å². The molecule has 1 aliphatic rings. The number of aryl methyl sites for hydroxylation is 2. The third kappa shape index (κ3) is 5.95.